The fourth-order valence-corrected chi connectivity index (χ4v) is 3.62. The Labute approximate surface area is 150 Å². The average molecular weight is 364 g/mol. The maximum Gasteiger partial charge on any atom is 0.234 e. The van der Waals surface area contributed by atoms with Gasteiger partial charge in [-0.25, -0.2) is 19.2 Å². The van der Waals surface area contributed by atoms with Gasteiger partial charge in [0, 0.05) is 32.2 Å². The summed E-state index contributed by atoms with van der Waals surface area (Å²) in [5, 5.41) is 6.14. The Kier molecular flexibility index (Phi) is 4.84. The highest BCUT2D eigenvalue weighted by Crippen LogP contribution is 2.17. The van der Waals surface area contributed by atoms with Crippen molar-refractivity contribution in [3.05, 3.63) is 35.4 Å². The van der Waals surface area contributed by atoms with Crippen molar-refractivity contribution >= 4 is 11.9 Å². The first-order valence-corrected chi connectivity index (χ1v) is 8.88. The van der Waals surface area contributed by atoms with E-state index in [4.69, 9.17) is 0 Å². The maximum absolute atomic E-state index is 13.3. The Bertz CT molecular complexity index is 719. The second-order valence-electron chi connectivity index (χ2n) is 6.99. The monoisotopic (exact) mass is 364 g/mol. The molecule has 3 aliphatic rings. The molecule has 1 amide bonds. The summed E-state index contributed by atoms with van der Waals surface area (Å²) in [6, 6.07) is 4.27. The summed E-state index contributed by atoms with van der Waals surface area (Å²) >= 11 is 0. The van der Waals surface area contributed by atoms with Crippen molar-refractivity contribution in [2.24, 2.45) is 10.9 Å². The van der Waals surface area contributed by atoms with E-state index in [1.165, 1.54) is 12.1 Å². The number of hydrogen-bond acceptors (Lipinski definition) is 6. The van der Waals surface area contributed by atoms with Crippen LogP contribution in [0.2, 0.25) is 0 Å². The van der Waals surface area contributed by atoms with Gasteiger partial charge in [0.25, 0.3) is 0 Å². The number of amides is 1. The smallest absolute Gasteiger partial charge is 0.234 e. The zero-order chi connectivity index (χ0) is 18.1. The van der Waals surface area contributed by atoms with E-state index in [1.54, 1.807) is 6.07 Å². The zero-order valence-electron chi connectivity index (χ0n) is 14.3. The third-order valence-electron chi connectivity index (χ3n) is 5.12. The van der Waals surface area contributed by atoms with Gasteiger partial charge < -0.3 is 5.32 Å². The van der Waals surface area contributed by atoms with Crippen LogP contribution in [-0.4, -0.2) is 48.6 Å². The standard InChI is InChI=1S/C17H22F2N6O/c18-13-2-1-10(7-14(13)19)9-25-5-3-11(4-6-25)21-17-22-15-12(8-20-24-15)16(26)23-17/h1-2,7,11-12,15,20,24H,3-6,8-9H2,(H2,21,22,23,26). The number of halogens is 2. The number of likely N-dealkylation sites (tertiary alicyclic amines) is 1. The Morgan fingerprint density at radius 2 is 2.04 bits per heavy atom. The molecule has 140 valence electrons. The number of hydrazine groups is 1. The number of carbonyl (C=O) groups excluding carboxylic acids is 1. The normalized spacial score (nSPS) is 27.0. The van der Waals surface area contributed by atoms with E-state index in [-0.39, 0.29) is 24.0 Å². The number of carbonyl (C=O) groups is 1. The minimum Gasteiger partial charge on any atom is -0.353 e. The molecule has 0 saturated carbocycles. The molecule has 4 N–H and O–H groups in total. The largest absolute Gasteiger partial charge is 0.353 e. The SMILES string of the molecule is O=C1NC(NC2CCN(Cc3ccc(F)c(F)c3)CC2)=NC2NNCC12. The summed E-state index contributed by atoms with van der Waals surface area (Å²) in [4.78, 5) is 18.8. The van der Waals surface area contributed by atoms with Crippen LogP contribution in [0.3, 0.4) is 0 Å². The van der Waals surface area contributed by atoms with Crippen LogP contribution in [0, 0.1) is 17.6 Å². The highest BCUT2D eigenvalue weighted by Gasteiger charge is 2.37. The number of aliphatic imine (C=N–C) groups is 1. The minimum absolute atomic E-state index is 0.0271. The molecule has 2 unspecified atom stereocenters. The first-order valence-electron chi connectivity index (χ1n) is 8.88. The van der Waals surface area contributed by atoms with Crippen LogP contribution in [0.5, 0.6) is 0 Å². The lowest BCUT2D eigenvalue weighted by molar-refractivity contribution is -0.123. The number of piperidine rings is 1. The molecule has 3 aliphatic heterocycles. The second-order valence-corrected chi connectivity index (χ2v) is 6.99. The maximum atomic E-state index is 13.3. The molecule has 4 rings (SSSR count). The number of hydrogen-bond donors (Lipinski definition) is 4. The summed E-state index contributed by atoms with van der Waals surface area (Å²) in [5.74, 6) is -1.30. The summed E-state index contributed by atoms with van der Waals surface area (Å²) in [6.07, 6.45) is 1.55. The van der Waals surface area contributed by atoms with Crippen LogP contribution in [-0.2, 0) is 11.3 Å². The van der Waals surface area contributed by atoms with Crippen molar-refractivity contribution in [1.82, 2.24) is 26.4 Å². The van der Waals surface area contributed by atoms with E-state index in [0.29, 0.717) is 19.0 Å². The molecule has 0 aromatic heterocycles. The number of benzene rings is 1. The lowest BCUT2D eigenvalue weighted by Crippen LogP contribution is -2.55. The van der Waals surface area contributed by atoms with Gasteiger partial charge in [-0.05, 0) is 30.5 Å². The van der Waals surface area contributed by atoms with E-state index >= 15 is 0 Å². The summed E-state index contributed by atoms with van der Waals surface area (Å²) in [7, 11) is 0. The molecule has 9 heteroatoms. The lowest BCUT2D eigenvalue weighted by atomic mass is 10.0. The van der Waals surface area contributed by atoms with E-state index in [0.717, 1.165) is 31.5 Å². The Morgan fingerprint density at radius 3 is 2.81 bits per heavy atom. The van der Waals surface area contributed by atoms with Crippen LogP contribution in [0.15, 0.2) is 23.2 Å². The second kappa shape index (κ2) is 7.26. The van der Waals surface area contributed by atoms with Crippen LogP contribution >= 0.6 is 0 Å². The molecule has 1 aromatic carbocycles. The fourth-order valence-electron chi connectivity index (χ4n) is 3.62. The third kappa shape index (κ3) is 3.69. The molecule has 2 atom stereocenters. The van der Waals surface area contributed by atoms with E-state index in [1.807, 2.05) is 0 Å². The summed E-state index contributed by atoms with van der Waals surface area (Å²) in [6.45, 7) is 2.85. The van der Waals surface area contributed by atoms with Gasteiger partial charge in [-0.3, -0.25) is 20.4 Å². The Hall–Kier alpha value is -2.10. The molecular formula is C17H22F2N6O. The summed E-state index contributed by atoms with van der Waals surface area (Å²) in [5.41, 5.74) is 6.72. The molecule has 7 nitrogen and oxygen atoms in total. The van der Waals surface area contributed by atoms with Crippen molar-refractivity contribution in [2.75, 3.05) is 19.6 Å². The van der Waals surface area contributed by atoms with E-state index < -0.39 is 11.6 Å². The van der Waals surface area contributed by atoms with Crippen LogP contribution < -0.4 is 21.5 Å². The van der Waals surface area contributed by atoms with Gasteiger partial charge in [0.05, 0.1) is 5.92 Å². The fraction of sp³-hybridized carbons (Fsp3) is 0.529. The average Bonchev–Trinajstić information content (AvgIpc) is 3.09. The third-order valence-corrected chi connectivity index (χ3v) is 5.12. The van der Waals surface area contributed by atoms with Gasteiger partial charge in [0.15, 0.2) is 17.6 Å². The predicted molar refractivity (Wildman–Crippen MR) is 91.8 cm³/mol. The van der Waals surface area contributed by atoms with Crippen molar-refractivity contribution in [3.8, 4) is 0 Å². The molecule has 3 heterocycles. The van der Waals surface area contributed by atoms with Crippen LogP contribution in [0.25, 0.3) is 0 Å². The van der Waals surface area contributed by atoms with Gasteiger partial charge in [0.2, 0.25) is 5.91 Å². The van der Waals surface area contributed by atoms with Crippen LogP contribution in [0.4, 0.5) is 8.78 Å². The summed E-state index contributed by atoms with van der Waals surface area (Å²) < 4.78 is 26.3. The zero-order valence-corrected chi connectivity index (χ0v) is 14.3. The van der Waals surface area contributed by atoms with Crippen molar-refractivity contribution < 1.29 is 13.6 Å². The number of nitrogens with one attached hydrogen (secondary N) is 4. The molecule has 0 spiro atoms. The molecule has 0 aliphatic carbocycles. The molecular weight excluding hydrogens is 342 g/mol. The lowest BCUT2D eigenvalue weighted by Gasteiger charge is -2.34. The minimum atomic E-state index is -0.818. The number of guanidine groups is 1. The van der Waals surface area contributed by atoms with Gasteiger partial charge >= 0.3 is 0 Å². The van der Waals surface area contributed by atoms with Crippen molar-refractivity contribution in [3.63, 3.8) is 0 Å². The number of nitrogens with zero attached hydrogens (tertiary/aromatic N) is 2. The van der Waals surface area contributed by atoms with E-state index in [2.05, 4.69) is 31.4 Å². The van der Waals surface area contributed by atoms with E-state index in [9.17, 15) is 13.6 Å². The number of rotatable bonds is 3. The predicted octanol–water partition coefficient (Wildman–Crippen LogP) is 0.0547. The van der Waals surface area contributed by atoms with Crippen molar-refractivity contribution in [1.29, 1.82) is 0 Å². The highest BCUT2D eigenvalue weighted by molar-refractivity contribution is 6.00. The van der Waals surface area contributed by atoms with Gasteiger partial charge in [0.1, 0.15) is 6.17 Å². The molecule has 0 bridgehead atoms. The van der Waals surface area contributed by atoms with Crippen molar-refractivity contribution in [2.45, 2.75) is 31.6 Å². The Balaban J connectivity index is 1.28. The molecule has 26 heavy (non-hydrogen) atoms. The first-order chi connectivity index (χ1) is 12.6. The molecule has 2 fully saturated rings. The molecule has 0 radical (unpaired) electrons. The first kappa shape index (κ1) is 17.3. The number of fused-ring (bicyclic) bond motifs is 1. The molecule has 1 aromatic rings. The van der Waals surface area contributed by atoms with Crippen LogP contribution in [0.1, 0.15) is 18.4 Å². The Morgan fingerprint density at radius 1 is 1.23 bits per heavy atom. The topological polar surface area (TPSA) is 80.8 Å². The highest BCUT2D eigenvalue weighted by atomic mass is 19.2. The van der Waals surface area contributed by atoms with Gasteiger partial charge in [-0.15, -0.1) is 0 Å². The van der Waals surface area contributed by atoms with Gasteiger partial charge in [-0.1, -0.05) is 6.07 Å². The molecule has 2 saturated heterocycles. The quantitative estimate of drug-likeness (QED) is 0.610. The van der Waals surface area contributed by atoms with Gasteiger partial charge in [-0.2, -0.15) is 0 Å².